The van der Waals surface area contributed by atoms with Crippen molar-refractivity contribution in [2.45, 2.75) is 22.3 Å². The number of nitrogens with one attached hydrogen (secondary N) is 6. The van der Waals surface area contributed by atoms with Crippen LogP contribution >= 0.6 is 0 Å². The maximum Gasteiger partial charge on any atom is 0.352 e. The molecule has 0 aliphatic carbocycles. The molecule has 0 atom stereocenters. The van der Waals surface area contributed by atoms with Gasteiger partial charge in [0, 0.05) is 28.2 Å². The van der Waals surface area contributed by atoms with Gasteiger partial charge in [0.05, 0.1) is 52.8 Å². The Balaban J connectivity index is -0.000000892. The monoisotopic (exact) mass is 1150 g/mol. The van der Waals surface area contributed by atoms with Crippen LogP contribution in [-0.2, 0) is 18.9 Å². The number of nitrogens with two attached hydrogens (primary N) is 7. The number of methoxy groups -OCH3 is 1. The van der Waals surface area contributed by atoms with Gasteiger partial charge >= 0.3 is 5.69 Å². The van der Waals surface area contributed by atoms with E-state index in [9.17, 15) is 28.8 Å². The fraction of sp³-hybridized carbons (Fsp3) is 0.289. The van der Waals surface area contributed by atoms with Crippen molar-refractivity contribution >= 4 is 82.0 Å². The molecular weight excluding hydrogens is 1090 g/mol. The normalized spacial score (nSPS) is 9.50. The van der Waals surface area contributed by atoms with Gasteiger partial charge in [0.1, 0.15) is 28.4 Å². The van der Waals surface area contributed by atoms with Crippen LogP contribution in [0.25, 0.3) is 21.8 Å². The molecule has 8 rings (SSSR count). The van der Waals surface area contributed by atoms with E-state index in [1.807, 2.05) is 7.05 Å². The van der Waals surface area contributed by atoms with Crippen molar-refractivity contribution in [2.75, 3.05) is 64.7 Å². The molecule has 0 aliphatic rings. The molecule has 5 amide bonds. The van der Waals surface area contributed by atoms with Gasteiger partial charge in [-0.25, -0.2) is 50.0 Å². The third-order valence-corrected chi connectivity index (χ3v) is 7.85. The van der Waals surface area contributed by atoms with Crippen LogP contribution in [0.5, 0.6) is 5.88 Å². The lowest BCUT2D eigenvalue weighted by Gasteiger charge is -2.00. The average Bonchev–Trinajstić information content (AvgIpc) is 4.28. The lowest BCUT2D eigenvalue weighted by molar-refractivity contribution is 0.0988. The van der Waals surface area contributed by atoms with Crippen LogP contribution in [0.3, 0.4) is 0 Å². The molecule has 8 aromatic rings. The number of nitrogens with zero attached hydrogens (tertiary/aromatic N) is 22. The number of aromatic nitrogens is 17. The third-order valence-electron chi connectivity index (χ3n) is 7.85. The minimum absolute atomic E-state index is 0. The minimum Gasteiger partial charge on any atom is -0.665 e. The molecule has 0 saturated carbocycles. The highest BCUT2D eigenvalue weighted by Gasteiger charge is 2.15. The van der Waals surface area contributed by atoms with E-state index < -0.39 is 35.2 Å². The maximum atomic E-state index is 11.4. The second kappa shape index (κ2) is 38.1. The third kappa shape index (κ3) is 23.2. The number of imidazole rings is 6. The number of ether oxygens (including phenoxy) is 1. The molecule has 0 aliphatic heterocycles. The first-order chi connectivity index (χ1) is 37.5. The van der Waals surface area contributed by atoms with Crippen molar-refractivity contribution in [1.82, 2.24) is 88.8 Å². The van der Waals surface area contributed by atoms with Crippen LogP contribution in [0.4, 0.5) is 29.2 Å². The van der Waals surface area contributed by atoms with E-state index in [0.717, 1.165) is 9.08 Å². The van der Waals surface area contributed by atoms with Gasteiger partial charge in [-0.15, -0.1) is 10.2 Å². The zero-order chi connectivity index (χ0) is 59.8. The number of nitrogen functional groups attached to an aromatic ring is 2. The molecule has 8 aromatic heterocycles. The zero-order valence-electron chi connectivity index (χ0n) is 42.6. The van der Waals surface area contributed by atoms with Gasteiger partial charge in [0.15, 0.2) is 45.7 Å². The number of amides is 5. The molecule has 21 N–H and O–H groups in total. The van der Waals surface area contributed by atoms with Crippen LogP contribution in [0.1, 0.15) is 74.7 Å². The second-order valence-corrected chi connectivity index (χ2v) is 13.4. The summed E-state index contributed by atoms with van der Waals surface area (Å²) in [5.41, 5.74) is 42.1. The first-order valence-electron chi connectivity index (χ1n) is 20.6. The number of hydrogen-bond acceptors (Lipinski definition) is 27. The van der Waals surface area contributed by atoms with Gasteiger partial charge in [-0.1, -0.05) is 49.6 Å². The first kappa shape index (κ1) is 73.8. The van der Waals surface area contributed by atoms with Crippen LogP contribution in [0.15, 0.2) is 73.8 Å². The summed E-state index contributed by atoms with van der Waals surface area (Å²) >= 11 is 0. The number of H-pyrrole nitrogens is 4. The Labute approximate surface area is 462 Å². The van der Waals surface area contributed by atoms with Crippen LogP contribution in [0.2, 0.25) is 0 Å². The van der Waals surface area contributed by atoms with Crippen LogP contribution in [0, 0.1) is 5.39 Å². The molecule has 0 aromatic carbocycles. The van der Waals surface area contributed by atoms with Crippen LogP contribution < -0.4 is 61.4 Å². The van der Waals surface area contributed by atoms with E-state index in [1.165, 1.54) is 71.9 Å². The first-order valence-corrected chi connectivity index (χ1v) is 20.6. The van der Waals surface area contributed by atoms with Crippen molar-refractivity contribution in [3.05, 3.63) is 81.9 Å². The van der Waals surface area contributed by atoms with Gasteiger partial charge in [-0.05, 0) is 0 Å². The van der Waals surface area contributed by atoms with E-state index in [4.69, 9.17) is 60.2 Å². The minimum atomic E-state index is -0.741. The molecular formula is C38H63N35O9. The van der Waals surface area contributed by atoms with E-state index >= 15 is 0 Å². The number of primary amides is 5. The molecule has 0 radical (unpaired) electrons. The fourth-order valence-corrected chi connectivity index (χ4v) is 4.70. The molecule has 8 heterocycles. The predicted molar refractivity (Wildman–Crippen MR) is 291 cm³/mol. The topological polar surface area (TPSA) is 667 Å². The number of anilines is 4. The molecule has 82 heavy (non-hydrogen) atoms. The van der Waals surface area contributed by atoms with Crippen molar-refractivity contribution < 1.29 is 38.6 Å². The number of diazo groups is 1. The van der Waals surface area contributed by atoms with Crippen molar-refractivity contribution in [3.8, 4) is 5.88 Å². The number of rotatable bonds is 12. The number of aryl methyl sites for hydroxylation is 2. The number of aromatic amines is 4. The van der Waals surface area contributed by atoms with Crippen molar-refractivity contribution in [2.24, 2.45) is 73.8 Å². The summed E-state index contributed by atoms with van der Waals surface area (Å²) in [5.74, 6) is -1.66. The van der Waals surface area contributed by atoms with Gasteiger partial charge in [-0.3, -0.25) is 29.0 Å². The Kier molecular flexibility index (Phi) is 34.3. The summed E-state index contributed by atoms with van der Waals surface area (Å²) in [7, 11) is 12.5. The molecule has 0 unspecified atom stereocenters. The standard InChI is InChI=1S/C7H9N5O.C6H6N6O2.C6H10N6O.2C5H8N6O.C4H6N4O.CH3N2.CHO2.3CH4/c1-12-3-9-4-5(12)10-7(8)11-6(4)13-2;1-11-6(14)12-2-8-3(4(7)13)5(12)9-10-11;1-12(2)11-10-6-4(5(7)13)8-3-9-6;2*1-7-11-10-5-3(4(6)12)8-2-9-5;5-3-2(4(6)9)7-1-8-3;1-3-2;2-1-3;;;/h3H,1-2H3,(H2,8,10,11);2H,1H3,(H2,7,13);3H,1-2H3,(H2,7,13)(H,8,9);2*2H,1H3,(H2,6,12)(H,7,10)(H,8,9);1H,5H2,(H2,6,9)(H,7,8);1H3;(H,2,3);3*1H4/q;;;;;;+1;-1;;;. The molecule has 0 spiro atoms. The van der Waals surface area contributed by atoms with Gasteiger partial charge in [0.25, 0.3) is 36.6 Å². The highest BCUT2D eigenvalue weighted by molar-refractivity contribution is 5.97. The van der Waals surface area contributed by atoms with Crippen molar-refractivity contribution in [1.29, 1.82) is 5.39 Å². The largest absolute Gasteiger partial charge is 0.665 e. The number of fused-ring (bicyclic) bond motifs is 2. The SMILES string of the molecule is C.C.C.CN(C)N=Nc1nc[nH]c1C(N)=O.CN=NNc1nc[nH]c1C(N)=O.CN=NNc1nc[nH]c1C(N)=O.COc1nc(N)nc2c1ncn2C.C[N+]#N.Cn1nnc2c(C(N)=O)ncn2c1=O.NC(=O)c1[nH]cnc1N.O=[C-]O. The lowest BCUT2D eigenvalue weighted by atomic mass is 10.4. The molecule has 444 valence electrons. The van der Waals surface area contributed by atoms with E-state index in [2.05, 4.69) is 117 Å². The summed E-state index contributed by atoms with van der Waals surface area (Å²) < 4.78 is 8.91. The molecule has 0 bridgehead atoms. The van der Waals surface area contributed by atoms with E-state index in [1.54, 1.807) is 25.0 Å². The Morgan fingerprint density at radius 1 is 0.732 bits per heavy atom. The quantitative estimate of drug-likeness (QED) is 0.0297. The highest BCUT2D eigenvalue weighted by Crippen LogP contribution is 2.20. The summed E-state index contributed by atoms with van der Waals surface area (Å²) in [6, 6.07) is 0. The Bertz CT molecular complexity index is 3380. The maximum absolute atomic E-state index is 11.4. The number of hydrogen-bond donors (Lipinski definition) is 14. The van der Waals surface area contributed by atoms with E-state index in [0.29, 0.717) is 23.5 Å². The number of carbonyl (C=O) groups is 5. The second-order valence-electron chi connectivity index (χ2n) is 13.4. The van der Waals surface area contributed by atoms with Gasteiger partial charge in [0.2, 0.25) is 23.0 Å². The van der Waals surface area contributed by atoms with Gasteiger partial charge in [-0.2, -0.15) is 24.9 Å². The Morgan fingerprint density at radius 3 is 1.61 bits per heavy atom. The Morgan fingerprint density at radius 2 is 1.20 bits per heavy atom. The van der Waals surface area contributed by atoms with Crippen molar-refractivity contribution in [3.63, 3.8) is 0 Å². The van der Waals surface area contributed by atoms with Crippen LogP contribution in [-0.4, -0.2) is 172 Å². The Hall–Kier alpha value is -12.5. The smallest absolute Gasteiger partial charge is 0.352 e. The molecule has 0 fully saturated rings. The summed E-state index contributed by atoms with van der Waals surface area (Å²) in [5, 5.41) is 43.7. The molecule has 44 nitrogen and oxygen atoms in total. The highest BCUT2D eigenvalue weighted by atomic mass is 16.5. The lowest BCUT2D eigenvalue weighted by Crippen LogP contribution is -2.27. The van der Waals surface area contributed by atoms with E-state index in [-0.39, 0.29) is 85.6 Å². The molecule has 0 saturated heterocycles. The van der Waals surface area contributed by atoms with Gasteiger partial charge < -0.3 is 79.3 Å². The summed E-state index contributed by atoms with van der Waals surface area (Å²) in [6.45, 7) is 0.500. The number of carbonyl (C=O) groups excluding carboxylic acids is 5. The summed E-state index contributed by atoms with van der Waals surface area (Å²) in [6.07, 6.45) is 8.16. The predicted octanol–water partition coefficient (Wildman–Crippen LogP) is -1.14. The zero-order valence-corrected chi connectivity index (χ0v) is 42.6. The molecule has 44 heteroatoms. The summed E-state index contributed by atoms with van der Waals surface area (Å²) in [4.78, 5) is 116. The fourth-order valence-electron chi connectivity index (χ4n) is 4.70. The number of aliphatic hydroxyl groups excluding tert-OH is 1. The average molecular weight is 1150 g/mol.